The van der Waals surface area contributed by atoms with E-state index in [0.717, 1.165) is 6.07 Å². The molecule has 0 radical (unpaired) electrons. The van der Waals surface area contributed by atoms with Crippen molar-refractivity contribution in [3.63, 3.8) is 0 Å². The lowest BCUT2D eigenvalue weighted by Gasteiger charge is -2.07. The molecule has 0 atom stereocenters. The van der Waals surface area contributed by atoms with Crippen LogP contribution in [0.2, 0.25) is 0 Å². The first kappa shape index (κ1) is 11.0. The molecule has 0 heterocycles. The van der Waals surface area contributed by atoms with Gasteiger partial charge in [0, 0.05) is 5.56 Å². The van der Waals surface area contributed by atoms with Crippen LogP contribution in [0.25, 0.3) is 0 Å². The Hall–Kier alpha value is -1.04. The smallest absolute Gasteiger partial charge is 0.205 e. The lowest BCUT2D eigenvalue weighted by atomic mass is 10.1. The summed E-state index contributed by atoms with van der Waals surface area (Å²) in [6, 6.07) is 3.41. The minimum absolute atomic E-state index is 0.0229. The molecule has 0 N–H and O–H groups in total. The molecule has 1 rings (SSSR count). The minimum atomic E-state index is -5.09. The van der Waals surface area contributed by atoms with E-state index >= 15 is 0 Å². The van der Waals surface area contributed by atoms with Gasteiger partial charge in [0.1, 0.15) is 4.90 Å². The summed E-state index contributed by atoms with van der Waals surface area (Å²) in [5.41, 5.74) is -0.821. The summed E-state index contributed by atoms with van der Waals surface area (Å²) in [4.78, 5) is -0.921. The van der Waals surface area contributed by atoms with Crippen molar-refractivity contribution >= 4 is 10.2 Å². The van der Waals surface area contributed by atoms with E-state index in [4.69, 9.17) is 0 Å². The summed E-state index contributed by atoms with van der Waals surface area (Å²) >= 11 is 0. The van der Waals surface area contributed by atoms with E-state index in [1.54, 1.807) is 0 Å². The maximum absolute atomic E-state index is 12.6. The van der Waals surface area contributed by atoms with Crippen molar-refractivity contribution in [3.05, 3.63) is 29.3 Å². The molecule has 1 aromatic rings. The maximum Gasteiger partial charge on any atom is 0.332 e. The monoisotopic (exact) mass is 224 g/mol. The summed E-state index contributed by atoms with van der Waals surface area (Å²) in [7, 11) is -5.09. The second kappa shape index (κ2) is 3.61. The van der Waals surface area contributed by atoms with E-state index in [1.165, 1.54) is 19.1 Å². The molecule has 0 aromatic heterocycles. The van der Waals surface area contributed by atoms with Crippen molar-refractivity contribution in [2.45, 2.75) is 18.2 Å². The standard InChI is InChI=1S/C8H7F3O2S/c1-5-3-2-4-6(8(9)10)7(5)14(11,12)13/h2-4,8H,1H3. The van der Waals surface area contributed by atoms with Crippen molar-refractivity contribution in [1.82, 2.24) is 0 Å². The molecule has 0 bridgehead atoms. The fraction of sp³-hybridized carbons (Fsp3) is 0.250. The van der Waals surface area contributed by atoms with Gasteiger partial charge >= 0.3 is 10.2 Å². The Morgan fingerprint density at radius 2 is 1.86 bits per heavy atom. The normalized spacial score (nSPS) is 12.1. The molecule has 2 nitrogen and oxygen atoms in total. The van der Waals surface area contributed by atoms with E-state index in [0.29, 0.717) is 0 Å². The zero-order chi connectivity index (χ0) is 10.9. The van der Waals surface area contributed by atoms with E-state index < -0.39 is 27.1 Å². The zero-order valence-corrected chi connectivity index (χ0v) is 7.98. The zero-order valence-electron chi connectivity index (χ0n) is 7.17. The number of halogens is 3. The van der Waals surface area contributed by atoms with Crippen LogP contribution in [0.3, 0.4) is 0 Å². The van der Waals surface area contributed by atoms with Crippen LogP contribution in [0.4, 0.5) is 12.7 Å². The molecule has 0 fully saturated rings. The predicted molar refractivity (Wildman–Crippen MR) is 44.4 cm³/mol. The Morgan fingerprint density at radius 3 is 2.21 bits per heavy atom. The second-order valence-electron chi connectivity index (χ2n) is 2.73. The number of aryl methyl sites for hydroxylation is 1. The Labute approximate surface area is 79.6 Å². The lowest BCUT2D eigenvalue weighted by Crippen LogP contribution is -2.02. The Bertz CT molecular complexity index is 440. The third kappa shape index (κ3) is 2.06. The molecule has 6 heteroatoms. The summed E-state index contributed by atoms with van der Waals surface area (Å²) in [6.07, 6.45) is -3.00. The minimum Gasteiger partial charge on any atom is -0.205 e. The molecule has 0 spiro atoms. The van der Waals surface area contributed by atoms with Gasteiger partial charge in [-0.25, -0.2) is 8.78 Å². The van der Waals surface area contributed by atoms with Crippen molar-refractivity contribution in [2.24, 2.45) is 0 Å². The van der Waals surface area contributed by atoms with Crippen LogP contribution in [0.1, 0.15) is 17.6 Å². The van der Waals surface area contributed by atoms with Crippen molar-refractivity contribution < 1.29 is 21.1 Å². The van der Waals surface area contributed by atoms with Crippen molar-refractivity contribution in [2.75, 3.05) is 0 Å². The van der Waals surface area contributed by atoms with Crippen LogP contribution in [0.5, 0.6) is 0 Å². The van der Waals surface area contributed by atoms with Crippen LogP contribution in [-0.4, -0.2) is 8.42 Å². The first-order valence-corrected chi connectivity index (χ1v) is 5.04. The van der Waals surface area contributed by atoms with Crippen molar-refractivity contribution in [3.8, 4) is 0 Å². The highest BCUT2D eigenvalue weighted by Crippen LogP contribution is 2.29. The van der Waals surface area contributed by atoms with E-state index in [1.807, 2.05) is 0 Å². The topological polar surface area (TPSA) is 34.1 Å². The molecule has 0 aliphatic carbocycles. The molecular weight excluding hydrogens is 217 g/mol. The molecule has 0 aliphatic rings. The van der Waals surface area contributed by atoms with Gasteiger partial charge in [-0.2, -0.15) is 8.42 Å². The molecule has 0 amide bonds. The molecular formula is C8H7F3O2S. The third-order valence-electron chi connectivity index (χ3n) is 1.72. The van der Waals surface area contributed by atoms with Crippen molar-refractivity contribution in [1.29, 1.82) is 0 Å². The summed E-state index contributed by atoms with van der Waals surface area (Å²) in [5, 5.41) is 0. The van der Waals surface area contributed by atoms with Gasteiger partial charge < -0.3 is 0 Å². The number of hydrogen-bond acceptors (Lipinski definition) is 2. The van der Waals surface area contributed by atoms with Crippen LogP contribution in [0.15, 0.2) is 23.1 Å². The Morgan fingerprint density at radius 1 is 1.29 bits per heavy atom. The third-order valence-corrected chi connectivity index (χ3v) is 2.77. The fourth-order valence-electron chi connectivity index (χ4n) is 1.18. The summed E-state index contributed by atoms with van der Waals surface area (Å²) in [5.74, 6) is 0. The first-order valence-electron chi connectivity index (χ1n) is 3.66. The van der Waals surface area contributed by atoms with Gasteiger partial charge in [0.15, 0.2) is 0 Å². The largest absolute Gasteiger partial charge is 0.332 e. The fourth-order valence-corrected chi connectivity index (χ4v) is 2.07. The second-order valence-corrected chi connectivity index (χ2v) is 4.02. The Kier molecular flexibility index (Phi) is 2.84. The van der Waals surface area contributed by atoms with Gasteiger partial charge in [0.05, 0.1) is 0 Å². The molecule has 0 unspecified atom stereocenters. The van der Waals surface area contributed by atoms with Crippen LogP contribution in [0, 0.1) is 6.92 Å². The molecule has 0 saturated heterocycles. The van der Waals surface area contributed by atoms with E-state index in [2.05, 4.69) is 0 Å². The molecule has 0 aliphatic heterocycles. The number of benzene rings is 1. The Balaban J connectivity index is 3.54. The van der Waals surface area contributed by atoms with Gasteiger partial charge in [-0.3, -0.25) is 0 Å². The van der Waals surface area contributed by atoms with Crippen LogP contribution in [-0.2, 0) is 10.2 Å². The molecule has 0 saturated carbocycles. The van der Waals surface area contributed by atoms with Crippen LogP contribution < -0.4 is 0 Å². The summed E-state index contributed by atoms with van der Waals surface area (Å²) in [6.45, 7) is 1.26. The number of hydrogen-bond donors (Lipinski definition) is 0. The van der Waals surface area contributed by atoms with E-state index in [9.17, 15) is 21.1 Å². The average Bonchev–Trinajstić information content (AvgIpc) is 2.01. The number of rotatable bonds is 2. The lowest BCUT2D eigenvalue weighted by molar-refractivity contribution is 0.147. The predicted octanol–water partition coefficient (Wildman–Crippen LogP) is 2.59. The average molecular weight is 224 g/mol. The molecule has 14 heavy (non-hydrogen) atoms. The van der Waals surface area contributed by atoms with Gasteiger partial charge in [-0.05, 0) is 12.5 Å². The highest BCUT2D eigenvalue weighted by molar-refractivity contribution is 7.86. The molecule has 1 aromatic carbocycles. The first-order chi connectivity index (χ1) is 6.34. The van der Waals surface area contributed by atoms with Crippen LogP contribution >= 0.6 is 0 Å². The highest BCUT2D eigenvalue weighted by atomic mass is 32.3. The van der Waals surface area contributed by atoms with Gasteiger partial charge in [-0.1, -0.05) is 18.2 Å². The van der Waals surface area contributed by atoms with E-state index in [-0.39, 0.29) is 5.56 Å². The maximum atomic E-state index is 12.6. The molecule has 78 valence electrons. The van der Waals surface area contributed by atoms with Gasteiger partial charge in [0.25, 0.3) is 6.43 Å². The van der Waals surface area contributed by atoms with Gasteiger partial charge in [-0.15, -0.1) is 3.89 Å². The quantitative estimate of drug-likeness (QED) is 0.723. The number of alkyl halides is 2. The van der Waals surface area contributed by atoms with Gasteiger partial charge in [0.2, 0.25) is 0 Å². The highest BCUT2D eigenvalue weighted by Gasteiger charge is 2.24. The summed E-state index contributed by atoms with van der Waals surface area (Å²) < 4.78 is 58.4. The SMILES string of the molecule is Cc1cccc(C(F)F)c1S(=O)(=O)F.